The molecule has 1 aromatic heterocycles. The minimum absolute atomic E-state index is 0.0372. The summed E-state index contributed by atoms with van der Waals surface area (Å²) in [6.45, 7) is 2.42. The number of anilines is 1. The molecule has 1 aliphatic heterocycles. The predicted octanol–water partition coefficient (Wildman–Crippen LogP) is 3.77. The Labute approximate surface area is 162 Å². The Hall–Kier alpha value is -2.92. The summed E-state index contributed by atoms with van der Waals surface area (Å²) in [7, 11) is 0. The Morgan fingerprint density at radius 2 is 1.89 bits per heavy atom. The first-order valence-corrected chi connectivity index (χ1v) is 9.12. The third-order valence-corrected chi connectivity index (χ3v) is 5.07. The van der Waals surface area contributed by atoms with Gasteiger partial charge >= 0.3 is 0 Å². The number of para-hydroxylation sites is 1. The number of hydrogen-bond acceptors (Lipinski definition) is 3. The van der Waals surface area contributed by atoms with Gasteiger partial charge in [-0.1, -0.05) is 29.8 Å². The van der Waals surface area contributed by atoms with E-state index in [1.54, 1.807) is 28.1 Å². The number of halogens is 1. The summed E-state index contributed by atoms with van der Waals surface area (Å²) in [5, 5.41) is 1.53. The van der Waals surface area contributed by atoms with Gasteiger partial charge in [-0.2, -0.15) is 0 Å². The first-order chi connectivity index (χ1) is 13.0. The first kappa shape index (κ1) is 17.5. The van der Waals surface area contributed by atoms with Crippen molar-refractivity contribution < 1.29 is 9.59 Å². The van der Waals surface area contributed by atoms with Crippen LogP contribution in [0.5, 0.6) is 0 Å². The van der Waals surface area contributed by atoms with E-state index in [0.29, 0.717) is 17.1 Å². The van der Waals surface area contributed by atoms with Crippen molar-refractivity contribution in [1.82, 2.24) is 9.88 Å². The third kappa shape index (κ3) is 3.38. The molecule has 1 unspecified atom stereocenters. The molecule has 3 aromatic rings. The maximum absolute atomic E-state index is 13.0. The fourth-order valence-electron chi connectivity index (χ4n) is 3.35. The molecule has 2 amide bonds. The van der Waals surface area contributed by atoms with Gasteiger partial charge in [-0.05, 0) is 43.3 Å². The van der Waals surface area contributed by atoms with Gasteiger partial charge in [0.1, 0.15) is 6.54 Å². The standard InChI is InChI=1S/C21H18ClN3O2/c1-14-12-25(18-8-6-17(22)7-9-18)20(26)13-24(14)21(27)16-10-15-4-2-3-5-19(15)23-11-16/h2-11,14H,12-13H2,1H3. The highest BCUT2D eigenvalue weighted by Gasteiger charge is 2.33. The molecule has 27 heavy (non-hydrogen) atoms. The number of rotatable bonds is 2. The third-order valence-electron chi connectivity index (χ3n) is 4.82. The first-order valence-electron chi connectivity index (χ1n) is 8.74. The van der Waals surface area contributed by atoms with Gasteiger partial charge in [-0.25, -0.2) is 0 Å². The number of aromatic nitrogens is 1. The lowest BCUT2D eigenvalue weighted by Gasteiger charge is -2.39. The lowest BCUT2D eigenvalue weighted by Crippen LogP contribution is -2.57. The van der Waals surface area contributed by atoms with Crippen molar-refractivity contribution in [3.63, 3.8) is 0 Å². The van der Waals surface area contributed by atoms with Gasteiger partial charge in [-0.15, -0.1) is 0 Å². The molecule has 0 N–H and O–H groups in total. The monoisotopic (exact) mass is 379 g/mol. The fraction of sp³-hybridized carbons (Fsp3) is 0.190. The van der Waals surface area contributed by atoms with Crippen LogP contribution in [0.1, 0.15) is 17.3 Å². The predicted molar refractivity (Wildman–Crippen MR) is 106 cm³/mol. The second-order valence-corrected chi connectivity index (χ2v) is 7.12. The maximum atomic E-state index is 13.0. The minimum atomic E-state index is -0.176. The van der Waals surface area contributed by atoms with Crippen LogP contribution in [-0.2, 0) is 4.79 Å². The number of pyridine rings is 1. The zero-order chi connectivity index (χ0) is 19.0. The van der Waals surface area contributed by atoms with Gasteiger partial charge in [0.05, 0.1) is 11.1 Å². The van der Waals surface area contributed by atoms with E-state index in [-0.39, 0.29) is 24.4 Å². The van der Waals surface area contributed by atoms with Gasteiger partial charge in [0, 0.05) is 34.9 Å². The van der Waals surface area contributed by atoms with Gasteiger partial charge in [0.2, 0.25) is 5.91 Å². The molecule has 1 fully saturated rings. The van der Waals surface area contributed by atoms with E-state index in [0.717, 1.165) is 16.6 Å². The summed E-state index contributed by atoms with van der Waals surface area (Å²) in [5.74, 6) is -0.289. The van der Waals surface area contributed by atoms with Crippen molar-refractivity contribution in [2.45, 2.75) is 13.0 Å². The Morgan fingerprint density at radius 1 is 1.15 bits per heavy atom. The zero-order valence-electron chi connectivity index (χ0n) is 14.8. The molecule has 0 saturated carbocycles. The Morgan fingerprint density at radius 3 is 2.67 bits per heavy atom. The molecule has 5 nitrogen and oxygen atoms in total. The van der Waals surface area contributed by atoms with Crippen LogP contribution in [0.15, 0.2) is 60.8 Å². The van der Waals surface area contributed by atoms with Gasteiger partial charge in [0.25, 0.3) is 5.91 Å². The SMILES string of the molecule is CC1CN(c2ccc(Cl)cc2)C(=O)CN1C(=O)c1cnc2ccccc2c1. The number of benzene rings is 2. The number of carbonyl (C=O) groups excluding carboxylic acids is 2. The summed E-state index contributed by atoms with van der Waals surface area (Å²) in [6.07, 6.45) is 1.58. The van der Waals surface area contributed by atoms with Crippen LogP contribution in [-0.4, -0.2) is 40.8 Å². The number of carbonyl (C=O) groups is 2. The lowest BCUT2D eigenvalue weighted by molar-refractivity contribution is -0.121. The van der Waals surface area contributed by atoms with Crippen LogP contribution in [0.25, 0.3) is 10.9 Å². The number of fused-ring (bicyclic) bond motifs is 1. The van der Waals surface area contributed by atoms with Gasteiger partial charge < -0.3 is 9.80 Å². The second-order valence-electron chi connectivity index (χ2n) is 6.68. The van der Waals surface area contributed by atoms with Crippen LogP contribution in [0, 0.1) is 0 Å². The van der Waals surface area contributed by atoms with Gasteiger partial charge in [-0.3, -0.25) is 14.6 Å². The lowest BCUT2D eigenvalue weighted by atomic mass is 10.1. The van der Waals surface area contributed by atoms with Crippen LogP contribution in [0.3, 0.4) is 0 Å². The molecule has 1 saturated heterocycles. The largest absolute Gasteiger partial charge is 0.325 e. The smallest absolute Gasteiger partial charge is 0.256 e. The van der Waals surface area contributed by atoms with Crippen LogP contribution in [0.2, 0.25) is 5.02 Å². The van der Waals surface area contributed by atoms with E-state index in [9.17, 15) is 9.59 Å². The average molecular weight is 380 g/mol. The summed E-state index contributed by atoms with van der Waals surface area (Å²) in [4.78, 5) is 33.3. The van der Waals surface area contributed by atoms with Crippen LogP contribution in [0.4, 0.5) is 5.69 Å². The molecule has 2 aromatic carbocycles. The minimum Gasteiger partial charge on any atom is -0.325 e. The molecule has 0 aliphatic carbocycles. The van der Waals surface area contributed by atoms with Crippen LogP contribution >= 0.6 is 11.6 Å². The average Bonchev–Trinajstić information content (AvgIpc) is 2.69. The summed E-state index contributed by atoms with van der Waals surface area (Å²) in [5.41, 5.74) is 2.12. The Bertz CT molecular complexity index is 1020. The summed E-state index contributed by atoms with van der Waals surface area (Å²) >= 11 is 5.93. The number of piperazine rings is 1. The molecule has 1 aliphatic rings. The summed E-state index contributed by atoms with van der Waals surface area (Å²) in [6, 6.07) is 16.5. The van der Waals surface area contributed by atoms with Crippen molar-refractivity contribution in [1.29, 1.82) is 0 Å². The Kier molecular flexibility index (Phi) is 4.54. The normalized spacial score (nSPS) is 17.4. The van der Waals surface area contributed by atoms with Crippen molar-refractivity contribution in [3.8, 4) is 0 Å². The molecule has 6 heteroatoms. The second kappa shape index (κ2) is 7.00. The quantitative estimate of drug-likeness (QED) is 0.681. The van der Waals surface area contributed by atoms with Crippen molar-refractivity contribution >= 4 is 40.0 Å². The van der Waals surface area contributed by atoms with Crippen LogP contribution < -0.4 is 4.90 Å². The highest BCUT2D eigenvalue weighted by atomic mass is 35.5. The molecule has 0 radical (unpaired) electrons. The summed E-state index contributed by atoms with van der Waals surface area (Å²) < 4.78 is 0. The van der Waals surface area contributed by atoms with Crippen molar-refractivity contribution in [2.24, 2.45) is 0 Å². The molecular formula is C21H18ClN3O2. The molecule has 136 valence electrons. The van der Waals surface area contributed by atoms with E-state index in [4.69, 9.17) is 11.6 Å². The van der Waals surface area contributed by atoms with E-state index in [2.05, 4.69) is 4.98 Å². The molecule has 1 atom stereocenters. The topological polar surface area (TPSA) is 53.5 Å². The molecule has 0 spiro atoms. The number of nitrogens with zero attached hydrogens (tertiary/aromatic N) is 3. The molecular weight excluding hydrogens is 362 g/mol. The van der Waals surface area contributed by atoms with E-state index >= 15 is 0 Å². The number of hydrogen-bond donors (Lipinski definition) is 0. The zero-order valence-corrected chi connectivity index (χ0v) is 15.6. The molecule has 4 rings (SSSR count). The number of amides is 2. The highest BCUT2D eigenvalue weighted by molar-refractivity contribution is 6.30. The maximum Gasteiger partial charge on any atom is 0.256 e. The molecule has 2 heterocycles. The van der Waals surface area contributed by atoms with Crippen molar-refractivity contribution in [3.05, 3.63) is 71.4 Å². The van der Waals surface area contributed by atoms with E-state index < -0.39 is 0 Å². The molecule has 0 bridgehead atoms. The van der Waals surface area contributed by atoms with Crippen molar-refractivity contribution in [2.75, 3.05) is 18.0 Å². The van der Waals surface area contributed by atoms with E-state index in [1.165, 1.54) is 0 Å². The highest BCUT2D eigenvalue weighted by Crippen LogP contribution is 2.23. The Balaban J connectivity index is 1.56. The van der Waals surface area contributed by atoms with E-state index in [1.807, 2.05) is 49.4 Å². The fourth-order valence-corrected chi connectivity index (χ4v) is 3.47. The van der Waals surface area contributed by atoms with Gasteiger partial charge in [0.15, 0.2) is 0 Å².